The summed E-state index contributed by atoms with van der Waals surface area (Å²) in [5.41, 5.74) is 1.22. The van der Waals surface area contributed by atoms with Gasteiger partial charge in [-0.25, -0.2) is 4.98 Å². The molecule has 94 valence electrons. The van der Waals surface area contributed by atoms with Crippen LogP contribution in [0, 0.1) is 0 Å². The molecule has 4 nitrogen and oxygen atoms in total. The Balaban J connectivity index is 1.85. The highest BCUT2D eigenvalue weighted by Crippen LogP contribution is 2.15. The first-order chi connectivity index (χ1) is 8.19. The predicted molar refractivity (Wildman–Crippen MR) is 68.1 cm³/mol. The van der Waals surface area contributed by atoms with Gasteiger partial charge in [0.25, 0.3) is 0 Å². The Morgan fingerprint density at radius 1 is 1.59 bits per heavy atom. The minimum Gasteiger partial charge on any atom is -0.481 e. The van der Waals surface area contributed by atoms with E-state index >= 15 is 0 Å². The monoisotopic (exact) mass is 235 g/mol. The van der Waals surface area contributed by atoms with Crippen LogP contribution in [0.15, 0.2) is 18.3 Å². The second-order valence-corrected chi connectivity index (χ2v) is 4.81. The molecule has 0 bridgehead atoms. The molecule has 1 aromatic rings. The van der Waals surface area contributed by atoms with Crippen LogP contribution >= 0.6 is 0 Å². The van der Waals surface area contributed by atoms with Crippen LogP contribution in [-0.4, -0.2) is 42.7 Å². The largest absolute Gasteiger partial charge is 0.481 e. The summed E-state index contributed by atoms with van der Waals surface area (Å²) in [6.07, 6.45) is 3.01. The molecule has 0 spiro atoms. The summed E-state index contributed by atoms with van der Waals surface area (Å²) >= 11 is 0. The smallest absolute Gasteiger partial charge is 0.213 e. The molecule has 2 unspecified atom stereocenters. The lowest BCUT2D eigenvalue weighted by Crippen LogP contribution is -2.31. The summed E-state index contributed by atoms with van der Waals surface area (Å²) in [5, 5.41) is 3.59. The normalized spacial score (nSPS) is 25.1. The van der Waals surface area contributed by atoms with Gasteiger partial charge in [-0.05, 0) is 32.0 Å². The molecule has 1 fully saturated rings. The second-order valence-electron chi connectivity index (χ2n) is 4.81. The second kappa shape index (κ2) is 5.47. The Hall–Kier alpha value is -1.13. The van der Waals surface area contributed by atoms with E-state index in [4.69, 9.17) is 4.74 Å². The molecule has 0 aromatic carbocycles. The fourth-order valence-electron chi connectivity index (χ4n) is 2.28. The maximum atomic E-state index is 5.11. The van der Waals surface area contributed by atoms with Gasteiger partial charge >= 0.3 is 0 Å². The Morgan fingerprint density at radius 2 is 2.41 bits per heavy atom. The Bertz CT molecular complexity index is 359. The van der Waals surface area contributed by atoms with E-state index in [0.29, 0.717) is 18.0 Å². The van der Waals surface area contributed by atoms with Gasteiger partial charge in [0.05, 0.1) is 7.11 Å². The minimum absolute atomic E-state index is 0.592. The summed E-state index contributed by atoms with van der Waals surface area (Å²) in [5.74, 6) is 0.682. The lowest BCUT2D eigenvalue weighted by atomic mass is 10.2. The molecule has 0 aliphatic carbocycles. The molecule has 1 saturated heterocycles. The number of likely N-dealkylation sites (N-methyl/N-ethyl adjacent to an activating group) is 1. The molecule has 2 heterocycles. The highest BCUT2D eigenvalue weighted by Gasteiger charge is 2.25. The predicted octanol–water partition coefficient (Wildman–Crippen LogP) is 1.27. The van der Waals surface area contributed by atoms with E-state index in [2.05, 4.69) is 29.2 Å². The van der Waals surface area contributed by atoms with E-state index < -0.39 is 0 Å². The van der Waals surface area contributed by atoms with Crippen molar-refractivity contribution in [1.82, 2.24) is 15.2 Å². The van der Waals surface area contributed by atoms with Gasteiger partial charge in [0, 0.05) is 37.4 Å². The fourth-order valence-corrected chi connectivity index (χ4v) is 2.28. The van der Waals surface area contributed by atoms with Gasteiger partial charge in [-0.1, -0.05) is 0 Å². The van der Waals surface area contributed by atoms with Crippen molar-refractivity contribution in [2.75, 3.05) is 20.7 Å². The molecule has 0 saturated carbocycles. The summed E-state index contributed by atoms with van der Waals surface area (Å²) in [6.45, 7) is 4.28. The third-order valence-electron chi connectivity index (χ3n) is 3.49. The molecule has 1 aromatic heterocycles. The quantitative estimate of drug-likeness (QED) is 0.853. The van der Waals surface area contributed by atoms with E-state index in [0.717, 1.165) is 13.1 Å². The molecule has 0 amide bonds. The van der Waals surface area contributed by atoms with Crippen molar-refractivity contribution < 1.29 is 4.74 Å². The first-order valence-corrected chi connectivity index (χ1v) is 6.11. The molecule has 1 N–H and O–H groups in total. The fraction of sp³-hybridized carbons (Fsp3) is 0.615. The summed E-state index contributed by atoms with van der Waals surface area (Å²) < 4.78 is 5.11. The number of methoxy groups -OCH3 is 1. The van der Waals surface area contributed by atoms with Crippen molar-refractivity contribution in [3.8, 4) is 5.88 Å². The number of hydrogen-bond donors (Lipinski definition) is 1. The van der Waals surface area contributed by atoms with Gasteiger partial charge in [0.2, 0.25) is 5.88 Å². The zero-order chi connectivity index (χ0) is 12.3. The zero-order valence-corrected chi connectivity index (χ0v) is 10.8. The lowest BCUT2D eigenvalue weighted by molar-refractivity contribution is 0.326. The molecular formula is C13H21N3O. The van der Waals surface area contributed by atoms with Gasteiger partial charge in [-0.2, -0.15) is 0 Å². The molecule has 2 atom stereocenters. The third-order valence-corrected chi connectivity index (χ3v) is 3.49. The van der Waals surface area contributed by atoms with Crippen molar-refractivity contribution in [2.45, 2.75) is 32.0 Å². The molecule has 17 heavy (non-hydrogen) atoms. The number of ether oxygens (including phenoxy) is 1. The molecule has 1 aliphatic heterocycles. The third kappa shape index (κ3) is 3.17. The van der Waals surface area contributed by atoms with Crippen molar-refractivity contribution in [3.63, 3.8) is 0 Å². The van der Waals surface area contributed by atoms with Crippen molar-refractivity contribution in [1.29, 1.82) is 0 Å². The number of aromatic nitrogens is 1. The number of nitrogens with one attached hydrogen (secondary N) is 1. The standard InChI is InChI=1S/C13H21N3O/c1-10-6-12(9-16(10)2)15-8-11-4-5-14-13(7-11)17-3/h4-5,7,10,12,15H,6,8-9H2,1-3H3. The SMILES string of the molecule is COc1cc(CNC2CC(C)N(C)C2)ccn1. The summed E-state index contributed by atoms with van der Waals surface area (Å²) in [7, 11) is 3.83. The van der Waals surface area contributed by atoms with Crippen LogP contribution in [0.25, 0.3) is 0 Å². The first kappa shape index (κ1) is 12.3. The number of hydrogen-bond acceptors (Lipinski definition) is 4. The maximum Gasteiger partial charge on any atom is 0.213 e. The van der Waals surface area contributed by atoms with Crippen LogP contribution in [0.2, 0.25) is 0 Å². The number of pyridine rings is 1. The summed E-state index contributed by atoms with van der Waals surface area (Å²) in [4.78, 5) is 6.50. The van der Waals surface area contributed by atoms with Crippen molar-refractivity contribution >= 4 is 0 Å². The van der Waals surface area contributed by atoms with Gasteiger partial charge < -0.3 is 15.0 Å². The maximum absolute atomic E-state index is 5.11. The number of nitrogens with zero attached hydrogens (tertiary/aromatic N) is 2. The van der Waals surface area contributed by atoms with Gasteiger partial charge in [-0.3, -0.25) is 0 Å². The molecule has 0 radical (unpaired) electrons. The van der Waals surface area contributed by atoms with Crippen LogP contribution in [0.3, 0.4) is 0 Å². The zero-order valence-electron chi connectivity index (χ0n) is 10.8. The summed E-state index contributed by atoms with van der Waals surface area (Å²) in [6, 6.07) is 5.28. The van der Waals surface area contributed by atoms with Crippen LogP contribution in [0.4, 0.5) is 0 Å². The van der Waals surface area contributed by atoms with E-state index in [-0.39, 0.29) is 0 Å². The van der Waals surface area contributed by atoms with Gasteiger partial charge in [-0.15, -0.1) is 0 Å². The molecule has 1 aliphatic rings. The molecule has 2 rings (SSSR count). The van der Waals surface area contributed by atoms with Crippen LogP contribution in [0.5, 0.6) is 5.88 Å². The number of rotatable bonds is 4. The highest BCUT2D eigenvalue weighted by atomic mass is 16.5. The van der Waals surface area contributed by atoms with E-state index in [1.54, 1.807) is 13.3 Å². The van der Waals surface area contributed by atoms with E-state index in [9.17, 15) is 0 Å². The average Bonchev–Trinajstić information content (AvgIpc) is 2.67. The van der Waals surface area contributed by atoms with Crippen molar-refractivity contribution in [3.05, 3.63) is 23.9 Å². The van der Waals surface area contributed by atoms with Crippen LogP contribution < -0.4 is 10.1 Å². The van der Waals surface area contributed by atoms with Gasteiger partial charge in [0.15, 0.2) is 0 Å². The molecular weight excluding hydrogens is 214 g/mol. The van der Waals surface area contributed by atoms with Gasteiger partial charge in [0.1, 0.15) is 0 Å². The average molecular weight is 235 g/mol. The first-order valence-electron chi connectivity index (χ1n) is 6.11. The molecule has 4 heteroatoms. The van der Waals surface area contributed by atoms with Crippen molar-refractivity contribution in [2.24, 2.45) is 0 Å². The van der Waals surface area contributed by atoms with E-state index in [1.165, 1.54) is 12.0 Å². The highest BCUT2D eigenvalue weighted by molar-refractivity contribution is 5.20. The topological polar surface area (TPSA) is 37.4 Å². The Morgan fingerprint density at radius 3 is 3.06 bits per heavy atom. The Labute approximate surface area is 103 Å². The van der Waals surface area contributed by atoms with E-state index in [1.807, 2.05) is 12.1 Å². The van der Waals surface area contributed by atoms with Crippen LogP contribution in [-0.2, 0) is 6.54 Å². The Kier molecular flexibility index (Phi) is 3.97. The number of likely N-dealkylation sites (tertiary alicyclic amines) is 1. The lowest BCUT2D eigenvalue weighted by Gasteiger charge is -2.13. The minimum atomic E-state index is 0.592. The van der Waals surface area contributed by atoms with Crippen LogP contribution in [0.1, 0.15) is 18.9 Å².